The van der Waals surface area contributed by atoms with Crippen LogP contribution in [-0.2, 0) is 11.3 Å². The minimum absolute atomic E-state index is 0.0202. The summed E-state index contributed by atoms with van der Waals surface area (Å²) in [5, 5.41) is 13.2. The molecule has 2 aromatic heterocycles. The Morgan fingerprint density at radius 2 is 2.12 bits per heavy atom. The second-order valence-corrected chi connectivity index (χ2v) is 6.72. The molecular formula is C18H25N5O2. The number of aliphatic hydroxyl groups is 1. The Kier molecular flexibility index (Phi) is 5.65. The van der Waals surface area contributed by atoms with E-state index in [2.05, 4.69) is 15.3 Å². The number of nitrogens with one attached hydrogen (secondary N) is 1. The predicted molar refractivity (Wildman–Crippen MR) is 95.0 cm³/mol. The van der Waals surface area contributed by atoms with Crippen LogP contribution < -0.4 is 10.2 Å². The first-order valence-corrected chi connectivity index (χ1v) is 8.66. The summed E-state index contributed by atoms with van der Waals surface area (Å²) in [7, 11) is 1.95. The molecule has 25 heavy (non-hydrogen) atoms. The lowest BCUT2D eigenvalue weighted by Crippen LogP contribution is -2.41. The van der Waals surface area contributed by atoms with Gasteiger partial charge in [-0.05, 0) is 30.9 Å². The topological polar surface area (TPSA) is 83.3 Å². The predicted octanol–water partition coefficient (Wildman–Crippen LogP) is 1.06. The highest BCUT2D eigenvalue weighted by atomic mass is 16.3. The second-order valence-electron chi connectivity index (χ2n) is 6.72. The molecule has 0 bridgehead atoms. The summed E-state index contributed by atoms with van der Waals surface area (Å²) < 4.78 is 2.02. The molecule has 0 radical (unpaired) electrons. The summed E-state index contributed by atoms with van der Waals surface area (Å²) in [5.41, 5.74) is 1.03. The Bertz CT molecular complexity index is 661. The van der Waals surface area contributed by atoms with Gasteiger partial charge in [0.15, 0.2) is 0 Å². The highest BCUT2D eigenvalue weighted by Crippen LogP contribution is 2.27. The number of imidazole rings is 1. The number of rotatable bonds is 7. The van der Waals surface area contributed by atoms with E-state index in [1.165, 1.54) is 0 Å². The molecule has 3 rings (SSSR count). The molecule has 0 saturated heterocycles. The fourth-order valence-corrected chi connectivity index (χ4v) is 3.39. The summed E-state index contributed by atoms with van der Waals surface area (Å²) in [6, 6.07) is 3.67. The summed E-state index contributed by atoms with van der Waals surface area (Å²) in [5.74, 6) is 0.335. The fourth-order valence-electron chi connectivity index (χ4n) is 3.39. The number of amides is 1. The maximum Gasteiger partial charge on any atom is 0.222 e. The van der Waals surface area contributed by atoms with Crippen LogP contribution in [0.1, 0.15) is 19.3 Å². The molecule has 0 spiro atoms. The number of anilines is 1. The minimum atomic E-state index is -0.476. The number of aliphatic hydroxyl groups excluding tert-OH is 1. The van der Waals surface area contributed by atoms with E-state index < -0.39 is 6.10 Å². The zero-order valence-electron chi connectivity index (χ0n) is 14.5. The van der Waals surface area contributed by atoms with Gasteiger partial charge in [0, 0.05) is 57.0 Å². The largest absolute Gasteiger partial charge is 0.391 e. The Morgan fingerprint density at radius 1 is 1.32 bits per heavy atom. The van der Waals surface area contributed by atoms with Gasteiger partial charge in [0.1, 0.15) is 0 Å². The van der Waals surface area contributed by atoms with Crippen LogP contribution in [0.5, 0.6) is 0 Å². The Morgan fingerprint density at radius 3 is 2.84 bits per heavy atom. The molecule has 134 valence electrons. The van der Waals surface area contributed by atoms with Crippen molar-refractivity contribution in [2.75, 3.05) is 18.5 Å². The molecule has 0 aromatic carbocycles. The summed E-state index contributed by atoms with van der Waals surface area (Å²) in [6.45, 7) is 1.45. The van der Waals surface area contributed by atoms with E-state index in [0.29, 0.717) is 25.3 Å². The van der Waals surface area contributed by atoms with E-state index in [-0.39, 0.29) is 11.9 Å². The van der Waals surface area contributed by atoms with Gasteiger partial charge >= 0.3 is 0 Å². The highest BCUT2D eigenvalue weighted by Gasteiger charge is 2.33. The van der Waals surface area contributed by atoms with Crippen LogP contribution in [0.25, 0.3) is 0 Å². The zero-order chi connectivity index (χ0) is 17.6. The standard InChI is InChI=1S/C18H25N5O2/c1-22(15-2-5-19-6-3-15)8-4-18(25)21-16-10-14(11-17(16)24)12-23-9-7-20-13-23/h2-3,5-7,9,13-14,16-17,24H,4,8,10-12H2,1H3,(H,21,25)/t14?,16-,17-/m1/s1. The minimum Gasteiger partial charge on any atom is -0.391 e. The monoisotopic (exact) mass is 343 g/mol. The SMILES string of the molecule is CN(CCC(=O)N[C@@H]1CC(Cn2ccnc2)C[C@H]1O)c1ccncc1. The van der Waals surface area contributed by atoms with Crippen molar-refractivity contribution in [2.45, 2.75) is 38.0 Å². The zero-order valence-corrected chi connectivity index (χ0v) is 14.5. The van der Waals surface area contributed by atoms with Gasteiger partial charge in [-0.3, -0.25) is 9.78 Å². The Hall–Kier alpha value is -2.41. The van der Waals surface area contributed by atoms with Crippen LogP contribution in [0.15, 0.2) is 43.2 Å². The molecule has 1 unspecified atom stereocenters. The van der Waals surface area contributed by atoms with Crippen LogP contribution in [0, 0.1) is 5.92 Å². The number of hydrogen-bond acceptors (Lipinski definition) is 5. The van der Waals surface area contributed by atoms with Crippen molar-refractivity contribution in [2.24, 2.45) is 5.92 Å². The van der Waals surface area contributed by atoms with Crippen LogP contribution in [0.2, 0.25) is 0 Å². The van der Waals surface area contributed by atoms with E-state index in [1.54, 1.807) is 24.9 Å². The normalized spacial score (nSPS) is 22.7. The third-order valence-electron chi connectivity index (χ3n) is 4.78. The van der Waals surface area contributed by atoms with Gasteiger partial charge in [0.2, 0.25) is 5.91 Å². The smallest absolute Gasteiger partial charge is 0.222 e. The van der Waals surface area contributed by atoms with Gasteiger partial charge in [-0.15, -0.1) is 0 Å². The first kappa shape index (κ1) is 17.4. The highest BCUT2D eigenvalue weighted by molar-refractivity contribution is 5.77. The molecule has 2 aromatic rings. The van der Waals surface area contributed by atoms with Gasteiger partial charge in [-0.25, -0.2) is 4.98 Å². The van der Waals surface area contributed by atoms with Crippen molar-refractivity contribution in [1.82, 2.24) is 19.9 Å². The Balaban J connectivity index is 1.43. The van der Waals surface area contributed by atoms with Crippen LogP contribution >= 0.6 is 0 Å². The van der Waals surface area contributed by atoms with Gasteiger partial charge < -0.3 is 19.9 Å². The second kappa shape index (κ2) is 8.11. The van der Waals surface area contributed by atoms with Crippen molar-refractivity contribution in [3.05, 3.63) is 43.2 Å². The quantitative estimate of drug-likeness (QED) is 0.785. The van der Waals surface area contributed by atoms with Crippen molar-refractivity contribution in [3.63, 3.8) is 0 Å². The molecular weight excluding hydrogens is 318 g/mol. The molecule has 1 aliphatic rings. The first-order chi connectivity index (χ1) is 12.1. The fraction of sp³-hybridized carbons (Fsp3) is 0.500. The maximum absolute atomic E-state index is 12.2. The molecule has 7 nitrogen and oxygen atoms in total. The molecule has 1 saturated carbocycles. The Labute approximate surface area is 147 Å². The molecule has 1 amide bonds. The van der Waals surface area contributed by atoms with Gasteiger partial charge in [-0.1, -0.05) is 0 Å². The average molecular weight is 343 g/mol. The number of aromatic nitrogens is 3. The molecule has 1 fully saturated rings. The van der Waals surface area contributed by atoms with Crippen molar-refractivity contribution >= 4 is 11.6 Å². The lowest BCUT2D eigenvalue weighted by Gasteiger charge is -2.20. The summed E-state index contributed by atoms with van der Waals surface area (Å²) in [4.78, 5) is 22.3. The molecule has 0 aliphatic heterocycles. The summed E-state index contributed by atoms with van der Waals surface area (Å²) >= 11 is 0. The molecule has 1 aliphatic carbocycles. The first-order valence-electron chi connectivity index (χ1n) is 8.66. The molecule has 2 heterocycles. The van der Waals surface area contributed by atoms with E-state index >= 15 is 0 Å². The van der Waals surface area contributed by atoms with Crippen molar-refractivity contribution in [3.8, 4) is 0 Å². The van der Waals surface area contributed by atoms with Crippen LogP contribution in [0.4, 0.5) is 5.69 Å². The number of carbonyl (C=O) groups is 1. The third-order valence-corrected chi connectivity index (χ3v) is 4.78. The van der Waals surface area contributed by atoms with E-state index in [0.717, 1.165) is 18.7 Å². The third kappa shape index (κ3) is 4.79. The van der Waals surface area contributed by atoms with Crippen molar-refractivity contribution in [1.29, 1.82) is 0 Å². The molecule has 3 atom stereocenters. The number of hydrogen-bond donors (Lipinski definition) is 2. The van der Waals surface area contributed by atoms with E-state index in [4.69, 9.17) is 0 Å². The number of nitrogens with zero attached hydrogens (tertiary/aromatic N) is 4. The van der Waals surface area contributed by atoms with Crippen LogP contribution in [0.3, 0.4) is 0 Å². The molecule has 2 N–H and O–H groups in total. The molecule has 7 heteroatoms. The van der Waals surface area contributed by atoms with Crippen LogP contribution in [-0.4, -0.2) is 51.3 Å². The lowest BCUT2D eigenvalue weighted by atomic mass is 10.1. The van der Waals surface area contributed by atoms with Gasteiger partial charge in [0.25, 0.3) is 0 Å². The van der Waals surface area contributed by atoms with Gasteiger partial charge in [-0.2, -0.15) is 0 Å². The van der Waals surface area contributed by atoms with E-state index in [1.807, 2.05) is 34.8 Å². The lowest BCUT2D eigenvalue weighted by molar-refractivity contribution is -0.122. The van der Waals surface area contributed by atoms with E-state index in [9.17, 15) is 9.90 Å². The maximum atomic E-state index is 12.2. The number of carbonyl (C=O) groups excluding carboxylic acids is 1. The average Bonchev–Trinajstić information content (AvgIpc) is 3.24. The summed E-state index contributed by atoms with van der Waals surface area (Å²) in [6.07, 6.45) is 10.4. The van der Waals surface area contributed by atoms with Gasteiger partial charge in [0.05, 0.1) is 18.5 Å². The number of pyridine rings is 1. The van der Waals surface area contributed by atoms with Crippen molar-refractivity contribution < 1.29 is 9.90 Å².